The highest BCUT2D eigenvalue weighted by Crippen LogP contribution is 2.23. The number of carbonyl (C=O) groups is 1. The first kappa shape index (κ1) is 26.7. The van der Waals surface area contributed by atoms with E-state index in [4.69, 9.17) is 10.8 Å². The Kier molecular flexibility index (Phi) is 11.7. The van der Waals surface area contributed by atoms with Crippen LogP contribution in [0.15, 0.2) is 42.5 Å². The number of piperazine rings is 1. The van der Waals surface area contributed by atoms with Gasteiger partial charge in [0.2, 0.25) is 0 Å². The van der Waals surface area contributed by atoms with Crippen LogP contribution in [0.3, 0.4) is 0 Å². The number of nitrogens with zero attached hydrogens (tertiary/aromatic N) is 2. The molecule has 2 atom stereocenters. The molecule has 0 spiro atoms. The Morgan fingerprint density at radius 3 is 2.63 bits per heavy atom. The molecule has 1 fully saturated rings. The number of benzene rings is 2. The summed E-state index contributed by atoms with van der Waals surface area (Å²) in [5.74, 6) is 0.123. The number of carbonyl (C=O) groups excluding carboxylic acids is 1. The fraction of sp³-hybridized carbons (Fsp3) is 0.522. The quantitative estimate of drug-likeness (QED) is 0.636. The normalized spacial score (nSPS) is 17.8. The van der Waals surface area contributed by atoms with E-state index in [-0.39, 0.29) is 43.4 Å². The summed E-state index contributed by atoms with van der Waals surface area (Å²) in [5.41, 5.74) is 6.96. The number of fused-ring (bicyclic) bond motifs is 1. The Morgan fingerprint density at radius 2 is 1.90 bits per heavy atom. The van der Waals surface area contributed by atoms with Crippen LogP contribution in [0.1, 0.15) is 43.0 Å². The molecule has 2 aromatic rings. The van der Waals surface area contributed by atoms with Gasteiger partial charge in [0.15, 0.2) is 0 Å². The van der Waals surface area contributed by atoms with Crippen LogP contribution in [0, 0.1) is 0 Å². The molecule has 30 heavy (non-hydrogen) atoms. The van der Waals surface area contributed by atoms with Crippen molar-refractivity contribution in [3.8, 4) is 0 Å². The zero-order valence-electron chi connectivity index (χ0n) is 17.7. The SMILES string of the molecule is CCCCC1CN(C(=O)c2cccc3ccccc23)CCN1CC(N)CCO.Cl.Cl. The van der Waals surface area contributed by atoms with E-state index in [1.54, 1.807) is 0 Å². The molecule has 0 radical (unpaired) electrons. The average molecular weight is 456 g/mol. The minimum atomic E-state index is -0.0190. The number of amides is 1. The van der Waals surface area contributed by atoms with Crippen LogP contribution in [0.4, 0.5) is 0 Å². The molecule has 1 saturated heterocycles. The van der Waals surface area contributed by atoms with E-state index in [1.165, 1.54) is 0 Å². The van der Waals surface area contributed by atoms with Gasteiger partial charge < -0.3 is 15.7 Å². The van der Waals surface area contributed by atoms with Gasteiger partial charge in [-0.25, -0.2) is 0 Å². The predicted octanol–water partition coefficient (Wildman–Crippen LogP) is 3.71. The Balaban J connectivity index is 0.00000225. The van der Waals surface area contributed by atoms with E-state index in [1.807, 2.05) is 35.2 Å². The van der Waals surface area contributed by atoms with E-state index in [0.29, 0.717) is 12.5 Å². The first-order valence-corrected chi connectivity index (χ1v) is 10.5. The molecule has 1 aliphatic heterocycles. The van der Waals surface area contributed by atoms with E-state index < -0.39 is 0 Å². The lowest BCUT2D eigenvalue weighted by Gasteiger charge is -2.42. The maximum absolute atomic E-state index is 13.3. The predicted molar refractivity (Wildman–Crippen MR) is 129 cm³/mol. The van der Waals surface area contributed by atoms with Gasteiger partial charge in [0, 0.05) is 50.4 Å². The second-order valence-corrected chi connectivity index (χ2v) is 7.84. The lowest BCUT2D eigenvalue weighted by Crippen LogP contribution is -2.57. The van der Waals surface area contributed by atoms with Crippen molar-refractivity contribution in [3.63, 3.8) is 0 Å². The number of unbranched alkanes of at least 4 members (excludes halogenated alkanes) is 1. The molecule has 1 heterocycles. The van der Waals surface area contributed by atoms with Crippen LogP contribution in [0.5, 0.6) is 0 Å². The Bertz CT molecular complexity index is 785. The fourth-order valence-electron chi connectivity index (χ4n) is 4.17. The first-order valence-electron chi connectivity index (χ1n) is 10.5. The Hall–Kier alpha value is -1.37. The van der Waals surface area contributed by atoms with Gasteiger partial charge in [-0.1, -0.05) is 56.2 Å². The van der Waals surface area contributed by atoms with E-state index >= 15 is 0 Å². The molecule has 0 bridgehead atoms. The third-order valence-electron chi connectivity index (χ3n) is 5.77. The standard InChI is InChI=1S/C23H33N3O2.2ClH/c1-2-3-9-20-17-26(14-13-25(20)16-19(24)12-15-27)23(28)22-11-6-8-18-7-4-5-10-21(18)22;;/h4-8,10-11,19-20,27H,2-3,9,12-17,24H2,1H3;2*1H. The molecular weight excluding hydrogens is 421 g/mol. The zero-order valence-corrected chi connectivity index (χ0v) is 19.3. The maximum Gasteiger partial charge on any atom is 0.254 e. The third kappa shape index (κ3) is 6.56. The van der Waals surface area contributed by atoms with Crippen LogP contribution < -0.4 is 5.73 Å². The Morgan fingerprint density at radius 1 is 1.17 bits per heavy atom. The lowest BCUT2D eigenvalue weighted by molar-refractivity contribution is 0.0436. The van der Waals surface area contributed by atoms with Crippen molar-refractivity contribution < 1.29 is 9.90 Å². The third-order valence-corrected chi connectivity index (χ3v) is 5.77. The Labute approximate surface area is 192 Å². The van der Waals surface area contributed by atoms with Crippen molar-refractivity contribution in [2.75, 3.05) is 32.8 Å². The second-order valence-electron chi connectivity index (χ2n) is 7.84. The first-order chi connectivity index (χ1) is 13.6. The number of rotatable bonds is 8. The maximum atomic E-state index is 13.3. The van der Waals surface area contributed by atoms with Gasteiger partial charge in [0.05, 0.1) is 0 Å². The molecule has 5 nitrogen and oxygen atoms in total. The van der Waals surface area contributed by atoms with E-state index in [0.717, 1.165) is 61.8 Å². The lowest BCUT2D eigenvalue weighted by atomic mass is 10.0. The molecule has 0 aliphatic carbocycles. The molecule has 0 saturated carbocycles. The minimum Gasteiger partial charge on any atom is -0.396 e. The van der Waals surface area contributed by atoms with Gasteiger partial charge in [-0.2, -0.15) is 0 Å². The molecule has 0 aromatic heterocycles. The summed E-state index contributed by atoms with van der Waals surface area (Å²) in [4.78, 5) is 17.7. The van der Waals surface area contributed by atoms with Crippen molar-refractivity contribution >= 4 is 41.5 Å². The van der Waals surface area contributed by atoms with Crippen LogP contribution in [0.25, 0.3) is 10.8 Å². The summed E-state index contributed by atoms with van der Waals surface area (Å²) in [7, 11) is 0. The number of hydrogen-bond donors (Lipinski definition) is 2. The summed E-state index contributed by atoms with van der Waals surface area (Å²) in [6.07, 6.45) is 3.98. The molecule has 2 aromatic carbocycles. The van der Waals surface area contributed by atoms with Gasteiger partial charge in [0.1, 0.15) is 0 Å². The summed E-state index contributed by atoms with van der Waals surface area (Å²) in [6.45, 7) is 5.41. The van der Waals surface area contributed by atoms with Crippen molar-refractivity contribution in [2.45, 2.75) is 44.7 Å². The number of nitrogens with two attached hydrogens (primary N) is 1. The summed E-state index contributed by atoms with van der Waals surface area (Å²) in [5, 5.41) is 11.3. The minimum absolute atomic E-state index is 0. The number of aliphatic hydroxyl groups excluding tert-OH is 1. The van der Waals surface area contributed by atoms with E-state index in [2.05, 4.69) is 24.0 Å². The average Bonchev–Trinajstić information content (AvgIpc) is 2.72. The van der Waals surface area contributed by atoms with Crippen molar-refractivity contribution in [2.24, 2.45) is 5.73 Å². The highest BCUT2D eigenvalue weighted by molar-refractivity contribution is 6.07. The van der Waals surface area contributed by atoms with Gasteiger partial charge in [-0.3, -0.25) is 9.69 Å². The monoisotopic (exact) mass is 455 g/mol. The molecule has 168 valence electrons. The van der Waals surface area contributed by atoms with Gasteiger partial charge in [-0.05, 0) is 29.7 Å². The van der Waals surface area contributed by atoms with Crippen molar-refractivity contribution in [1.82, 2.24) is 9.80 Å². The highest BCUT2D eigenvalue weighted by atomic mass is 35.5. The molecule has 3 N–H and O–H groups in total. The van der Waals surface area contributed by atoms with E-state index in [9.17, 15) is 4.79 Å². The largest absolute Gasteiger partial charge is 0.396 e. The van der Waals surface area contributed by atoms with Crippen LogP contribution in [-0.2, 0) is 0 Å². The highest BCUT2D eigenvalue weighted by Gasteiger charge is 2.30. The van der Waals surface area contributed by atoms with Crippen LogP contribution in [0.2, 0.25) is 0 Å². The fourth-order valence-corrected chi connectivity index (χ4v) is 4.17. The molecule has 1 aliphatic rings. The van der Waals surface area contributed by atoms with Crippen molar-refractivity contribution in [1.29, 1.82) is 0 Å². The number of aliphatic hydroxyl groups is 1. The second kappa shape index (κ2) is 13.1. The summed E-state index contributed by atoms with van der Waals surface area (Å²) >= 11 is 0. The molecule has 2 unspecified atom stereocenters. The summed E-state index contributed by atoms with van der Waals surface area (Å²) in [6, 6.07) is 14.3. The number of halogens is 2. The molecular formula is C23H35Cl2N3O2. The van der Waals surface area contributed by atoms with Gasteiger partial charge >= 0.3 is 0 Å². The molecule has 1 amide bonds. The number of hydrogen-bond acceptors (Lipinski definition) is 4. The van der Waals surface area contributed by atoms with Crippen LogP contribution >= 0.6 is 24.8 Å². The molecule has 3 rings (SSSR count). The summed E-state index contributed by atoms with van der Waals surface area (Å²) < 4.78 is 0. The van der Waals surface area contributed by atoms with Crippen LogP contribution in [-0.4, -0.2) is 65.7 Å². The smallest absolute Gasteiger partial charge is 0.254 e. The molecule has 7 heteroatoms. The zero-order chi connectivity index (χ0) is 19.9. The topological polar surface area (TPSA) is 69.8 Å². The van der Waals surface area contributed by atoms with Gasteiger partial charge in [0.25, 0.3) is 5.91 Å². The van der Waals surface area contributed by atoms with Crippen molar-refractivity contribution in [3.05, 3.63) is 48.0 Å². The van der Waals surface area contributed by atoms with Gasteiger partial charge in [-0.15, -0.1) is 24.8 Å².